The first-order chi connectivity index (χ1) is 9.31. The molecule has 4 heteroatoms. The zero-order valence-electron chi connectivity index (χ0n) is 11.0. The molecule has 0 fully saturated rings. The molecule has 0 saturated carbocycles. The van der Waals surface area contributed by atoms with Gasteiger partial charge in [-0.1, -0.05) is 6.07 Å². The number of phenols is 1. The molecule has 2 rings (SSSR count). The van der Waals surface area contributed by atoms with Crippen LogP contribution in [-0.4, -0.2) is 30.4 Å². The van der Waals surface area contributed by atoms with Crippen LogP contribution in [0.15, 0.2) is 42.6 Å². The first kappa shape index (κ1) is 13.5. The van der Waals surface area contributed by atoms with Crippen molar-refractivity contribution in [1.29, 1.82) is 0 Å². The third-order valence-electron chi connectivity index (χ3n) is 2.84. The predicted octanol–water partition coefficient (Wildman–Crippen LogP) is 2.19. The van der Waals surface area contributed by atoms with Crippen molar-refractivity contribution in [1.82, 2.24) is 10.3 Å². The number of aromatic nitrogens is 1. The van der Waals surface area contributed by atoms with Gasteiger partial charge in [0.05, 0.1) is 12.3 Å². The number of pyridine rings is 1. The summed E-state index contributed by atoms with van der Waals surface area (Å²) < 4.78 is 4.97. The van der Waals surface area contributed by atoms with Crippen LogP contribution >= 0.6 is 0 Å². The first-order valence-electron chi connectivity index (χ1n) is 6.24. The summed E-state index contributed by atoms with van der Waals surface area (Å²) in [6, 6.07) is 11.3. The molecule has 4 nitrogen and oxygen atoms in total. The fourth-order valence-electron chi connectivity index (χ4n) is 1.82. The molecule has 2 aromatic rings. The van der Waals surface area contributed by atoms with E-state index >= 15 is 0 Å². The Hall–Kier alpha value is -1.91. The maximum Gasteiger partial charge on any atom is 0.120 e. The molecule has 0 aliphatic heterocycles. The lowest BCUT2D eigenvalue weighted by Gasteiger charge is -2.09. The number of rotatable bonds is 6. The number of hydrogen-bond acceptors (Lipinski definition) is 4. The Morgan fingerprint density at radius 1 is 1.26 bits per heavy atom. The molecular weight excluding hydrogens is 240 g/mol. The zero-order valence-corrected chi connectivity index (χ0v) is 11.0. The molecule has 1 aromatic carbocycles. The van der Waals surface area contributed by atoms with E-state index in [0.717, 1.165) is 23.4 Å². The normalized spacial score (nSPS) is 10.6. The van der Waals surface area contributed by atoms with E-state index in [0.29, 0.717) is 18.9 Å². The number of phenolic OH excluding ortho intramolecular Hbond substituents is 1. The number of hydrogen-bond donors (Lipinski definition) is 2. The number of methoxy groups -OCH3 is 1. The highest BCUT2D eigenvalue weighted by atomic mass is 16.5. The molecule has 1 aromatic heterocycles. The molecule has 19 heavy (non-hydrogen) atoms. The summed E-state index contributed by atoms with van der Waals surface area (Å²) in [7, 11) is 1.67. The van der Waals surface area contributed by atoms with E-state index in [1.807, 2.05) is 30.3 Å². The molecule has 0 unspecified atom stereocenters. The van der Waals surface area contributed by atoms with Crippen LogP contribution in [0.1, 0.15) is 5.56 Å². The van der Waals surface area contributed by atoms with Crippen molar-refractivity contribution in [2.75, 3.05) is 20.3 Å². The lowest BCUT2D eigenvalue weighted by Crippen LogP contribution is -2.18. The second kappa shape index (κ2) is 6.87. The summed E-state index contributed by atoms with van der Waals surface area (Å²) in [5, 5.41) is 13.1. The van der Waals surface area contributed by atoms with Crippen LogP contribution in [-0.2, 0) is 11.3 Å². The van der Waals surface area contributed by atoms with Crippen molar-refractivity contribution < 1.29 is 9.84 Å². The maximum absolute atomic E-state index is 9.85. The molecule has 100 valence electrons. The molecule has 0 atom stereocenters. The Bertz CT molecular complexity index is 515. The Kier molecular flexibility index (Phi) is 4.89. The van der Waals surface area contributed by atoms with E-state index in [4.69, 9.17) is 4.74 Å². The second-order valence-electron chi connectivity index (χ2n) is 4.23. The molecule has 0 bridgehead atoms. The van der Waals surface area contributed by atoms with Gasteiger partial charge in [0.25, 0.3) is 0 Å². The molecule has 0 saturated heterocycles. The van der Waals surface area contributed by atoms with Gasteiger partial charge in [-0.25, -0.2) is 0 Å². The van der Waals surface area contributed by atoms with Crippen LogP contribution in [0, 0.1) is 0 Å². The van der Waals surface area contributed by atoms with E-state index in [9.17, 15) is 5.11 Å². The van der Waals surface area contributed by atoms with Gasteiger partial charge in [0.2, 0.25) is 0 Å². The molecule has 0 radical (unpaired) electrons. The highest BCUT2D eigenvalue weighted by Gasteiger charge is 2.05. The second-order valence-corrected chi connectivity index (χ2v) is 4.23. The van der Waals surface area contributed by atoms with Gasteiger partial charge in [-0.15, -0.1) is 0 Å². The minimum Gasteiger partial charge on any atom is -0.508 e. The minimum atomic E-state index is 0.296. The van der Waals surface area contributed by atoms with Crippen LogP contribution in [0.5, 0.6) is 5.75 Å². The van der Waals surface area contributed by atoms with Crippen molar-refractivity contribution in [3.8, 4) is 17.0 Å². The number of nitrogens with one attached hydrogen (secondary N) is 1. The highest BCUT2D eigenvalue weighted by molar-refractivity contribution is 5.61. The van der Waals surface area contributed by atoms with E-state index < -0.39 is 0 Å². The standard InChI is InChI=1S/C15H18N2O2/c1-19-9-8-16-11-13-10-12(5-6-15(13)18)14-4-2-3-7-17-14/h2-7,10,16,18H,8-9,11H2,1H3. The summed E-state index contributed by atoms with van der Waals surface area (Å²) in [6.45, 7) is 2.01. The Morgan fingerprint density at radius 3 is 2.89 bits per heavy atom. The molecule has 1 heterocycles. The average molecular weight is 258 g/mol. The van der Waals surface area contributed by atoms with Crippen molar-refractivity contribution in [3.05, 3.63) is 48.2 Å². The molecule has 0 aliphatic carbocycles. The number of aromatic hydroxyl groups is 1. The van der Waals surface area contributed by atoms with Gasteiger partial charge in [0, 0.05) is 37.5 Å². The van der Waals surface area contributed by atoms with Crippen molar-refractivity contribution in [2.45, 2.75) is 6.54 Å². The molecule has 2 N–H and O–H groups in total. The monoisotopic (exact) mass is 258 g/mol. The van der Waals surface area contributed by atoms with Crippen molar-refractivity contribution in [2.24, 2.45) is 0 Å². The van der Waals surface area contributed by atoms with Gasteiger partial charge in [-0.05, 0) is 30.3 Å². The van der Waals surface area contributed by atoms with Crippen LogP contribution in [0.25, 0.3) is 11.3 Å². The van der Waals surface area contributed by atoms with Gasteiger partial charge >= 0.3 is 0 Å². The first-order valence-corrected chi connectivity index (χ1v) is 6.24. The van der Waals surface area contributed by atoms with Gasteiger partial charge < -0.3 is 15.2 Å². The summed E-state index contributed by atoms with van der Waals surface area (Å²) in [5.41, 5.74) is 2.77. The predicted molar refractivity (Wildman–Crippen MR) is 74.9 cm³/mol. The van der Waals surface area contributed by atoms with Crippen molar-refractivity contribution in [3.63, 3.8) is 0 Å². The van der Waals surface area contributed by atoms with E-state index in [2.05, 4.69) is 10.3 Å². The average Bonchev–Trinajstić information content (AvgIpc) is 2.46. The summed E-state index contributed by atoms with van der Waals surface area (Å²) >= 11 is 0. The lowest BCUT2D eigenvalue weighted by atomic mass is 10.1. The molecule has 0 spiro atoms. The smallest absolute Gasteiger partial charge is 0.120 e. The van der Waals surface area contributed by atoms with Gasteiger partial charge in [0.1, 0.15) is 5.75 Å². The van der Waals surface area contributed by atoms with Crippen LogP contribution in [0.4, 0.5) is 0 Å². The summed E-state index contributed by atoms with van der Waals surface area (Å²) in [4.78, 5) is 4.31. The van der Waals surface area contributed by atoms with Gasteiger partial charge in [-0.2, -0.15) is 0 Å². The van der Waals surface area contributed by atoms with Gasteiger partial charge in [0.15, 0.2) is 0 Å². The number of ether oxygens (including phenoxy) is 1. The quantitative estimate of drug-likeness (QED) is 0.780. The zero-order chi connectivity index (χ0) is 13.5. The van der Waals surface area contributed by atoms with E-state index in [-0.39, 0.29) is 0 Å². The fourth-order valence-corrected chi connectivity index (χ4v) is 1.82. The topological polar surface area (TPSA) is 54.4 Å². The van der Waals surface area contributed by atoms with Crippen LogP contribution in [0.2, 0.25) is 0 Å². The Morgan fingerprint density at radius 2 is 2.16 bits per heavy atom. The van der Waals surface area contributed by atoms with Crippen molar-refractivity contribution >= 4 is 0 Å². The third-order valence-corrected chi connectivity index (χ3v) is 2.84. The van der Waals surface area contributed by atoms with E-state index in [1.54, 1.807) is 19.4 Å². The van der Waals surface area contributed by atoms with Crippen LogP contribution < -0.4 is 5.32 Å². The largest absolute Gasteiger partial charge is 0.508 e. The van der Waals surface area contributed by atoms with Crippen LogP contribution in [0.3, 0.4) is 0 Å². The third kappa shape index (κ3) is 3.77. The minimum absolute atomic E-state index is 0.296. The molecular formula is C15H18N2O2. The fraction of sp³-hybridized carbons (Fsp3) is 0.267. The lowest BCUT2D eigenvalue weighted by molar-refractivity contribution is 0.199. The molecule has 0 aliphatic rings. The maximum atomic E-state index is 9.85. The highest BCUT2D eigenvalue weighted by Crippen LogP contribution is 2.24. The van der Waals surface area contributed by atoms with E-state index in [1.165, 1.54) is 0 Å². The Labute approximate surface area is 113 Å². The summed E-state index contributed by atoms with van der Waals surface area (Å²) in [6.07, 6.45) is 1.76. The molecule has 0 amide bonds. The van der Waals surface area contributed by atoms with Gasteiger partial charge in [-0.3, -0.25) is 4.98 Å². The SMILES string of the molecule is COCCNCc1cc(-c2ccccn2)ccc1O. The number of benzene rings is 1. The summed E-state index contributed by atoms with van der Waals surface area (Å²) in [5.74, 6) is 0.296. The number of nitrogens with zero attached hydrogens (tertiary/aromatic N) is 1. The Balaban J connectivity index is 2.11.